The van der Waals surface area contributed by atoms with Crippen LogP contribution in [-0.2, 0) is 19.1 Å². The lowest BCUT2D eigenvalue weighted by Gasteiger charge is -2.11. The van der Waals surface area contributed by atoms with Gasteiger partial charge in [-0.3, -0.25) is 0 Å². The van der Waals surface area contributed by atoms with E-state index in [1.165, 1.54) is 0 Å². The number of ether oxygens (including phenoxy) is 1. The molecule has 0 spiro atoms. The van der Waals surface area contributed by atoms with Crippen LogP contribution in [0.2, 0.25) is 0 Å². The van der Waals surface area contributed by atoms with Crippen molar-refractivity contribution < 1.29 is 17.9 Å². The van der Waals surface area contributed by atoms with Gasteiger partial charge in [0.25, 0.3) is 0 Å². The van der Waals surface area contributed by atoms with Crippen LogP contribution in [0.25, 0.3) is 0 Å². The van der Waals surface area contributed by atoms with Crippen LogP contribution in [0.5, 0.6) is 5.75 Å². The Morgan fingerprint density at radius 3 is 2.70 bits per heavy atom. The molecule has 0 saturated carbocycles. The molecular weight excluding hydrogens is 492 g/mol. The van der Waals surface area contributed by atoms with Crippen LogP contribution >= 0.6 is 35.3 Å². The zero-order valence-corrected chi connectivity index (χ0v) is 18.1. The van der Waals surface area contributed by atoms with Crippen LogP contribution in [0, 0.1) is 0 Å². The molecule has 10 heteroatoms. The van der Waals surface area contributed by atoms with Crippen LogP contribution in [0.3, 0.4) is 0 Å². The van der Waals surface area contributed by atoms with Gasteiger partial charge < -0.3 is 15.4 Å². The summed E-state index contributed by atoms with van der Waals surface area (Å²) in [5, 5.41) is 7.56. The first-order chi connectivity index (χ1) is 12.4. The molecule has 0 aliphatic carbocycles. The fourth-order valence-electron chi connectivity index (χ4n) is 2.16. The van der Waals surface area contributed by atoms with Crippen LogP contribution in [0.1, 0.15) is 23.2 Å². The number of aromatic nitrogens is 1. The van der Waals surface area contributed by atoms with Crippen molar-refractivity contribution in [2.24, 2.45) is 4.99 Å². The largest absolute Gasteiger partial charge is 0.497 e. The molecule has 0 radical (unpaired) electrons. The second kappa shape index (κ2) is 11.3. The highest BCUT2D eigenvalue weighted by atomic mass is 127. The van der Waals surface area contributed by atoms with E-state index in [-0.39, 0.29) is 30.5 Å². The van der Waals surface area contributed by atoms with E-state index in [2.05, 4.69) is 20.6 Å². The molecule has 5 nitrogen and oxygen atoms in total. The summed E-state index contributed by atoms with van der Waals surface area (Å²) in [5.74, 6) is 1.34. The van der Waals surface area contributed by atoms with E-state index < -0.39 is 11.9 Å². The Balaban J connectivity index is 0.00000364. The van der Waals surface area contributed by atoms with E-state index in [0.717, 1.165) is 34.5 Å². The van der Waals surface area contributed by atoms with Gasteiger partial charge in [-0.25, -0.2) is 9.98 Å². The van der Waals surface area contributed by atoms with Crippen molar-refractivity contribution in [3.05, 3.63) is 45.9 Å². The fraction of sp³-hybridized carbons (Fsp3) is 0.412. The minimum absolute atomic E-state index is 0. The number of benzene rings is 1. The molecule has 0 saturated heterocycles. The number of methoxy groups -OCH3 is 1. The Morgan fingerprint density at radius 1 is 1.30 bits per heavy atom. The summed E-state index contributed by atoms with van der Waals surface area (Å²) in [6.45, 7) is 3.29. The predicted octanol–water partition coefficient (Wildman–Crippen LogP) is 4.09. The molecule has 0 aliphatic rings. The third-order valence-electron chi connectivity index (χ3n) is 3.40. The van der Waals surface area contributed by atoms with Gasteiger partial charge >= 0.3 is 6.18 Å². The van der Waals surface area contributed by atoms with Gasteiger partial charge in [-0.2, -0.15) is 13.2 Å². The first kappa shape index (κ1) is 23.5. The highest BCUT2D eigenvalue weighted by molar-refractivity contribution is 14.0. The van der Waals surface area contributed by atoms with E-state index >= 15 is 0 Å². The number of halogens is 4. The molecule has 2 rings (SSSR count). The predicted molar refractivity (Wildman–Crippen MR) is 112 cm³/mol. The number of aliphatic imine (C=N–C) groups is 1. The smallest absolute Gasteiger partial charge is 0.434 e. The van der Waals surface area contributed by atoms with Crippen molar-refractivity contribution in [2.45, 2.75) is 26.1 Å². The van der Waals surface area contributed by atoms with Crippen molar-refractivity contribution in [3.8, 4) is 5.75 Å². The first-order valence-corrected chi connectivity index (χ1v) is 8.97. The Kier molecular flexibility index (Phi) is 9.84. The van der Waals surface area contributed by atoms with Crippen LogP contribution in [-0.4, -0.2) is 31.1 Å². The molecule has 0 aliphatic heterocycles. The van der Waals surface area contributed by atoms with Gasteiger partial charge in [-0.05, 0) is 31.0 Å². The Morgan fingerprint density at radius 2 is 2.07 bits per heavy atom. The maximum Gasteiger partial charge on any atom is 0.434 e. The number of nitrogens with one attached hydrogen (secondary N) is 2. The topological polar surface area (TPSA) is 58.5 Å². The molecule has 0 unspecified atom stereocenters. The molecular formula is C17H22F3IN4OS. The van der Waals surface area contributed by atoms with E-state index in [1.54, 1.807) is 7.11 Å². The molecule has 27 heavy (non-hydrogen) atoms. The summed E-state index contributed by atoms with van der Waals surface area (Å²) >= 11 is 0.954. The first-order valence-electron chi connectivity index (χ1n) is 8.09. The lowest BCUT2D eigenvalue weighted by Crippen LogP contribution is -2.38. The molecule has 2 N–H and O–H groups in total. The van der Waals surface area contributed by atoms with Gasteiger partial charge in [-0.1, -0.05) is 12.1 Å². The third kappa shape index (κ3) is 7.91. The van der Waals surface area contributed by atoms with Gasteiger partial charge in [0.2, 0.25) is 0 Å². The maximum absolute atomic E-state index is 12.6. The van der Waals surface area contributed by atoms with E-state index in [1.807, 2.05) is 31.2 Å². The van der Waals surface area contributed by atoms with Crippen molar-refractivity contribution in [3.63, 3.8) is 0 Å². The van der Waals surface area contributed by atoms with Crippen molar-refractivity contribution in [1.29, 1.82) is 0 Å². The van der Waals surface area contributed by atoms with Gasteiger partial charge in [0.05, 0.1) is 13.7 Å². The Labute approximate surface area is 177 Å². The lowest BCUT2D eigenvalue weighted by molar-refractivity contribution is -0.140. The third-order valence-corrected chi connectivity index (χ3v) is 4.23. The van der Waals surface area contributed by atoms with Gasteiger partial charge in [0, 0.05) is 18.5 Å². The average molecular weight is 514 g/mol. The Hall–Kier alpha value is -1.56. The summed E-state index contributed by atoms with van der Waals surface area (Å²) in [6, 6.07) is 7.77. The number of rotatable bonds is 7. The highest BCUT2D eigenvalue weighted by Crippen LogP contribution is 2.30. The maximum atomic E-state index is 12.6. The molecule has 0 atom stereocenters. The molecule has 0 fully saturated rings. The minimum Gasteiger partial charge on any atom is -0.497 e. The zero-order chi connectivity index (χ0) is 19.0. The highest BCUT2D eigenvalue weighted by Gasteiger charge is 2.33. The normalized spacial score (nSPS) is 11.7. The monoisotopic (exact) mass is 514 g/mol. The SMILES string of the molecule is CCNC(=NCc1nc(C(F)(F)F)cs1)NCCc1cccc(OC)c1.I. The molecule has 1 aromatic carbocycles. The number of alkyl halides is 3. The van der Waals surface area contributed by atoms with Crippen molar-refractivity contribution >= 4 is 41.3 Å². The van der Waals surface area contributed by atoms with E-state index in [0.29, 0.717) is 24.1 Å². The lowest BCUT2D eigenvalue weighted by atomic mass is 10.1. The zero-order valence-electron chi connectivity index (χ0n) is 15.0. The summed E-state index contributed by atoms with van der Waals surface area (Å²) in [6.07, 6.45) is -3.66. The second-order valence-corrected chi connectivity index (χ2v) is 6.29. The Bertz CT molecular complexity index is 737. The standard InChI is InChI=1S/C17H21F3N4OS.HI/c1-3-21-16(22-8-7-12-5-4-6-13(9-12)25-2)23-10-15-24-14(11-26-15)17(18,19)20;/h4-6,9,11H,3,7-8,10H2,1-2H3,(H2,21,22,23);1H. The second-order valence-electron chi connectivity index (χ2n) is 5.35. The summed E-state index contributed by atoms with van der Waals surface area (Å²) in [4.78, 5) is 7.87. The summed E-state index contributed by atoms with van der Waals surface area (Å²) in [5.41, 5.74) is 0.242. The van der Waals surface area contributed by atoms with E-state index in [4.69, 9.17) is 4.74 Å². The van der Waals surface area contributed by atoms with Gasteiger partial charge in [0.15, 0.2) is 11.7 Å². The number of guanidine groups is 1. The number of thiazole rings is 1. The van der Waals surface area contributed by atoms with Crippen LogP contribution < -0.4 is 15.4 Å². The number of nitrogens with zero attached hydrogens (tertiary/aromatic N) is 2. The number of hydrogen-bond acceptors (Lipinski definition) is 4. The molecule has 1 aromatic heterocycles. The summed E-state index contributed by atoms with van der Waals surface area (Å²) in [7, 11) is 1.62. The molecule has 150 valence electrons. The summed E-state index contributed by atoms with van der Waals surface area (Å²) < 4.78 is 42.9. The van der Waals surface area contributed by atoms with Crippen molar-refractivity contribution in [2.75, 3.05) is 20.2 Å². The average Bonchev–Trinajstić information content (AvgIpc) is 3.09. The van der Waals surface area contributed by atoms with Crippen LogP contribution in [0.4, 0.5) is 13.2 Å². The minimum atomic E-state index is -4.42. The van der Waals surface area contributed by atoms with Gasteiger partial charge in [0.1, 0.15) is 10.8 Å². The van der Waals surface area contributed by atoms with Crippen molar-refractivity contribution in [1.82, 2.24) is 15.6 Å². The van der Waals surface area contributed by atoms with E-state index in [9.17, 15) is 13.2 Å². The van der Waals surface area contributed by atoms with Crippen LogP contribution in [0.15, 0.2) is 34.6 Å². The number of hydrogen-bond donors (Lipinski definition) is 2. The quantitative estimate of drug-likeness (QED) is 0.332. The molecule has 2 aromatic rings. The van der Waals surface area contributed by atoms with Gasteiger partial charge in [-0.15, -0.1) is 35.3 Å². The molecule has 1 heterocycles. The molecule has 0 bridgehead atoms. The molecule has 0 amide bonds. The fourth-order valence-corrected chi connectivity index (χ4v) is 2.88.